The Kier molecular flexibility index (Phi) is 2.25. The molecule has 0 fully saturated rings. The van der Waals surface area contributed by atoms with Crippen molar-refractivity contribution in [1.29, 1.82) is 5.26 Å². The molecule has 0 N–H and O–H groups in total. The maximum Gasteiger partial charge on any atom is 0.163 e. The minimum atomic E-state index is -0.593. The van der Waals surface area contributed by atoms with Gasteiger partial charge in [0.2, 0.25) is 0 Å². The van der Waals surface area contributed by atoms with Crippen LogP contribution in [0.25, 0.3) is 0 Å². The van der Waals surface area contributed by atoms with Crippen LogP contribution in [0.15, 0.2) is 5.38 Å². The van der Waals surface area contributed by atoms with Crippen LogP contribution in [0.3, 0.4) is 0 Å². The summed E-state index contributed by atoms with van der Waals surface area (Å²) in [7, 11) is 0. The molecule has 2 nitrogen and oxygen atoms in total. The maximum atomic E-state index is 8.38. The molecular formula is C6H5ClN2S. The van der Waals surface area contributed by atoms with Gasteiger partial charge in [0.25, 0.3) is 0 Å². The van der Waals surface area contributed by atoms with E-state index in [1.165, 1.54) is 11.3 Å². The number of halogens is 1. The van der Waals surface area contributed by atoms with Gasteiger partial charge < -0.3 is 0 Å². The van der Waals surface area contributed by atoms with Gasteiger partial charge in [0, 0.05) is 5.38 Å². The average molecular weight is 173 g/mol. The highest BCUT2D eigenvalue weighted by atomic mass is 35.5. The number of hydrogen-bond acceptors (Lipinski definition) is 3. The molecule has 1 aromatic heterocycles. The molecule has 1 aromatic rings. The Hall–Kier alpha value is -0.590. The molecule has 0 aliphatic carbocycles. The van der Waals surface area contributed by atoms with Crippen molar-refractivity contribution in [3.05, 3.63) is 16.1 Å². The summed E-state index contributed by atoms with van der Waals surface area (Å²) in [5.41, 5.74) is 0.659. The smallest absolute Gasteiger partial charge is 0.163 e. The maximum absolute atomic E-state index is 8.38. The summed E-state index contributed by atoms with van der Waals surface area (Å²) >= 11 is 7.09. The SMILES string of the molecule is Cc1nc(C(Cl)C#N)cs1. The minimum absolute atomic E-state index is 0.593. The molecule has 1 atom stereocenters. The highest BCUT2D eigenvalue weighted by molar-refractivity contribution is 7.09. The van der Waals surface area contributed by atoms with E-state index < -0.39 is 5.38 Å². The molecule has 0 saturated carbocycles. The fourth-order valence-corrected chi connectivity index (χ4v) is 1.39. The zero-order valence-corrected chi connectivity index (χ0v) is 6.91. The average Bonchev–Trinajstić information content (AvgIpc) is 2.34. The normalized spacial score (nSPS) is 12.5. The van der Waals surface area contributed by atoms with E-state index in [2.05, 4.69) is 4.98 Å². The summed E-state index contributed by atoms with van der Waals surface area (Å²) in [5, 5.41) is 10.5. The first-order chi connectivity index (χ1) is 4.74. The van der Waals surface area contributed by atoms with Crippen LogP contribution in [-0.4, -0.2) is 4.98 Å². The van der Waals surface area contributed by atoms with E-state index in [-0.39, 0.29) is 0 Å². The number of rotatable bonds is 1. The molecule has 0 spiro atoms. The van der Waals surface area contributed by atoms with Crippen molar-refractivity contribution in [2.75, 3.05) is 0 Å². The summed E-state index contributed by atoms with van der Waals surface area (Å²) in [4.78, 5) is 4.05. The van der Waals surface area contributed by atoms with Gasteiger partial charge >= 0.3 is 0 Å². The first-order valence-electron chi connectivity index (χ1n) is 2.69. The highest BCUT2D eigenvalue weighted by Gasteiger charge is 2.08. The van der Waals surface area contributed by atoms with Crippen LogP contribution in [0.5, 0.6) is 0 Å². The zero-order chi connectivity index (χ0) is 7.56. The standard InChI is InChI=1S/C6H5ClN2S/c1-4-9-6(3-10-4)5(7)2-8/h3,5H,1H3. The first kappa shape index (κ1) is 7.52. The van der Waals surface area contributed by atoms with Crippen LogP contribution in [0.4, 0.5) is 0 Å². The number of hydrogen-bond donors (Lipinski definition) is 0. The van der Waals surface area contributed by atoms with E-state index in [0.717, 1.165) is 5.01 Å². The van der Waals surface area contributed by atoms with E-state index in [1.54, 1.807) is 5.38 Å². The number of aromatic nitrogens is 1. The molecule has 0 saturated heterocycles. The Labute approximate surface area is 68.1 Å². The third kappa shape index (κ3) is 1.47. The molecule has 1 heterocycles. The van der Waals surface area contributed by atoms with Gasteiger partial charge in [-0.3, -0.25) is 0 Å². The van der Waals surface area contributed by atoms with Crippen LogP contribution in [0.2, 0.25) is 0 Å². The topological polar surface area (TPSA) is 36.7 Å². The fourth-order valence-electron chi connectivity index (χ4n) is 0.563. The van der Waals surface area contributed by atoms with E-state index in [1.807, 2.05) is 13.0 Å². The van der Waals surface area contributed by atoms with Crippen molar-refractivity contribution in [2.45, 2.75) is 12.3 Å². The summed E-state index contributed by atoms with van der Waals surface area (Å²) in [6.45, 7) is 1.88. The van der Waals surface area contributed by atoms with Crippen molar-refractivity contribution in [3.63, 3.8) is 0 Å². The Morgan fingerprint density at radius 2 is 2.60 bits per heavy atom. The lowest BCUT2D eigenvalue weighted by atomic mass is 10.4. The monoisotopic (exact) mass is 172 g/mol. The number of nitriles is 1. The van der Waals surface area contributed by atoms with Crippen LogP contribution >= 0.6 is 22.9 Å². The number of aryl methyl sites for hydroxylation is 1. The van der Waals surface area contributed by atoms with E-state index >= 15 is 0 Å². The van der Waals surface area contributed by atoms with Gasteiger partial charge in [0.05, 0.1) is 16.8 Å². The Morgan fingerprint density at radius 3 is 3.00 bits per heavy atom. The molecule has 0 amide bonds. The van der Waals surface area contributed by atoms with E-state index in [0.29, 0.717) is 5.69 Å². The Bertz CT molecular complexity index is 263. The second kappa shape index (κ2) is 3.00. The summed E-state index contributed by atoms with van der Waals surface area (Å²) in [6, 6.07) is 1.90. The Morgan fingerprint density at radius 1 is 1.90 bits per heavy atom. The third-order valence-electron chi connectivity index (χ3n) is 1.01. The van der Waals surface area contributed by atoms with Crippen LogP contribution in [0.1, 0.15) is 16.1 Å². The zero-order valence-electron chi connectivity index (χ0n) is 5.34. The molecule has 4 heteroatoms. The lowest BCUT2D eigenvalue weighted by Crippen LogP contribution is -1.85. The fraction of sp³-hybridized carbons (Fsp3) is 0.333. The van der Waals surface area contributed by atoms with Gasteiger partial charge in [-0.05, 0) is 6.92 Å². The van der Waals surface area contributed by atoms with Crippen LogP contribution in [-0.2, 0) is 0 Å². The summed E-state index contributed by atoms with van der Waals surface area (Å²) in [6.07, 6.45) is 0. The molecule has 0 aliphatic heterocycles. The van der Waals surface area contributed by atoms with Crippen LogP contribution < -0.4 is 0 Å². The molecule has 0 aromatic carbocycles. The molecule has 10 heavy (non-hydrogen) atoms. The second-order valence-electron chi connectivity index (χ2n) is 1.78. The van der Waals surface area contributed by atoms with Crippen molar-refractivity contribution in [3.8, 4) is 6.07 Å². The molecular weight excluding hydrogens is 168 g/mol. The van der Waals surface area contributed by atoms with Crippen LogP contribution in [0, 0.1) is 18.3 Å². The third-order valence-corrected chi connectivity index (χ3v) is 2.12. The quantitative estimate of drug-likeness (QED) is 0.610. The van der Waals surface area contributed by atoms with Gasteiger partial charge in [-0.15, -0.1) is 11.3 Å². The summed E-state index contributed by atoms with van der Waals surface area (Å²) in [5.74, 6) is 0. The van der Waals surface area contributed by atoms with Gasteiger partial charge in [0.1, 0.15) is 0 Å². The largest absolute Gasteiger partial charge is 0.244 e. The molecule has 1 rings (SSSR count). The van der Waals surface area contributed by atoms with Gasteiger partial charge in [-0.25, -0.2) is 4.98 Å². The van der Waals surface area contributed by atoms with Gasteiger partial charge in [-0.2, -0.15) is 5.26 Å². The molecule has 52 valence electrons. The van der Waals surface area contributed by atoms with Crippen molar-refractivity contribution in [1.82, 2.24) is 4.98 Å². The van der Waals surface area contributed by atoms with Gasteiger partial charge in [-0.1, -0.05) is 11.6 Å². The predicted molar refractivity (Wildman–Crippen MR) is 41.1 cm³/mol. The highest BCUT2D eigenvalue weighted by Crippen LogP contribution is 2.20. The van der Waals surface area contributed by atoms with Gasteiger partial charge in [0.15, 0.2) is 5.38 Å². The van der Waals surface area contributed by atoms with Crippen molar-refractivity contribution in [2.24, 2.45) is 0 Å². The molecule has 0 bridgehead atoms. The number of alkyl halides is 1. The minimum Gasteiger partial charge on any atom is -0.244 e. The summed E-state index contributed by atoms with van der Waals surface area (Å²) < 4.78 is 0. The van der Waals surface area contributed by atoms with Crippen molar-refractivity contribution < 1.29 is 0 Å². The van der Waals surface area contributed by atoms with E-state index in [9.17, 15) is 0 Å². The predicted octanol–water partition coefficient (Wildman–Crippen LogP) is 2.26. The second-order valence-corrected chi connectivity index (χ2v) is 3.28. The number of thiazole rings is 1. The lowest BCUT2D eigenvalue weighted by molar-refractivity contribution is 1.09. The first-order valence-corrected chi connectivity index (χ1v) is 4.01. The molecule has 0 aliphatic rings. The van der Waals surface area contributed by atoms with Crippen molar-refractivity contribution >= 4 is 22.9 Å². The molecule has 0 radical (unpaired) electrons. The van der Waals surface area contributed by atoms with E-state index in [4.69, 9.17) is 16.9 Å². The number of nitrogens with zero attached hydrogens (tertiary/aromatic N) is 2. The lowest BCUT2D eigenvalue weighted by Gasteiger charge is -1.89. The molecule has 1 unspecified atom stereocenters. The Balaban J connectivity index is 2.87.